The Morgan fingerprint density at radius 3 is 2.77 bits per heavy atom. The third-order valence-corrected chi connectivity index (χ3v) is 5.60. The number of aromatic nitrogens is 4. The molecule has 0 radical (unpaired) electrons. The fourth-order valence-corrected chi connectivity index (χ4v) is 4.05. The largest absolute Gasteiger partial charge is 0.415 e. The lowest BCUT2D eigenvalue weighted by molar-refractivity contribution is 0.426. The molecular weight excluding hydrogens is 338 g/mol. The molecule has 3 rings (SSSR count). The van der Waals surface area contributed by atoms with Crippen molar-refractivity contribution in [2.75, 3.05) is 12.0 Å². The van der Waals surface area contributed by atoms with Crippen molar-refractivity contribution in [2.24, 2.45) is 0 Å². The van der Waals surface area contributed by atoms with Gasteiger partial charge in [0.05, 0.1) is 16.9 Å². The Hall–Kier alpha value is -1.32. The Labute approximate surface area is 140 Å². The number of anilines is 1. The average molecular weight is 353 g/mol. The molecule has 0 saturated carbocycles. The number of hydrogen-bond donors (Lipinski definition) is 1. The summed E-state index contributed by atoms with van der Waals surface area (Å²) >= 11 is 4.71. The lowest BCUT2D eigenvalue weighted by Gasteiger charge is -2.01. The van der Waals surface area contributed by atoms with Crippen molar-refractivity contribution >= 4 is 50.9 Å². The summed E-state index contributed by atoms with van der Waals surface area (Å²) in [5.74, 6) is 3.13. The second-order valence-corrected chi connectivity index (χ2v) is 7.67. The van der Waals surface area contributed by atoms with Gasteiger partial charge in [-0.3, -0.25) is 0 Å². The quantitative estimate of drug-likeness (QED) is 0.698. The summed E-state index contributed by atoms with van der Waals surface area (Å²) in [4.78, 5) is 11.1. The van der Waals surface area contributed by atoms with Crippen LogP contribution in [0, 0.1) is 13.8 Å². The highest BCUT2D eigenvalue weighted by Gasteiger charge is 2.14. The molecule has 0 spiro atoms. The number of thiophene rings is 1. The Morgan fingerprint density at radius 2 is 2.00 bits per heavy atom. The highest BCUT2D eigenvalue weighted by atomic mass is 32.2. The first-order chi connectivity index (χ1) is 10.6. The van der Waals surface area contributed by atoms with Gasteiger partial charge in [0.1, 0.15) is 16.5 Å². The number of rotatable bonds is 5. The fraction of sp³-hybridized carbons (Fsp3) is 0.385. The zero-order chi connectivity index (χ0) is 15.7. The first kappa shape index (κ1) is 15.6. The zero-order valence-electron chi connectivity index (χ0n) is 12.4. The Kier molecular flexibility index (Phi) is 4.55. The van der Waals surface area contributed by atoms with Gasteiger partial charge in [-0.15, -0.1) is 21.5 Å². The highest BCUT2D eigenvalue weighted by molar-refractivity contribution is 7.98. The minimum Gasteiger partial charge on any atom is -0.415 e. The van der Waals surface area contributed by atoms with E-state index in [2.05, 4.69) is 27.1 Å². The molecule has 0 atom stereocenters. The van der Waals surface area contributed by atoms with Gasteiger partial charge in [0.25, 0.3) is 5.22 Å². The summed E-state index contributed by atoms with van der Waals surface area (Å²) in [5, 5.41) is 9.48. The third kappa shape index (κ3) is 3.06. The van der Waals surface area contributed by atoms with E-state index in [0.29, 0.717) is 28.5 Å². The molecule has 0 fully saturated rings. The van der Waals surface area contributed by atoms with Crippen LogP contribution < -0.4 is 5.73 Å². The molecule has 0 bridgehead atoms. The molecule has 3 aromatic rings. The van der Waals surface area contributed by atoms with Crippen LogP contribution in [0.3, 0.4) is 0 Å². The van der Waals surface area contributed by atoms with Crippen LogP contribution >= 0.6 is 34.9 Å². The van der Waals surface area contributed by atoms with Gasteiger partial charge < -0.3 is 10.2 Å². The molecule has 0 amide bonds. The molecule has 0 saturated heterocycles. The summed E-state index contributed by atoms with van der Waals surface area (Å²) in [6, 6.07) is 0. The normalized spacial score (nSPS) is 11.4. The molecule has 3 heterocycles. The molecule has 116 valence electrons. The molecule has 0 unspecified atom stereocenters. The maximum absolute atomic E-state index is 6.08. The summed E-state index contributed by atoms with van der Waals surface area (Å²) in [5.41, 5.74) is 7.24. The van der Waals surface area contributed by atoms with Crippen molar-refractivity contribution < 1.29 is 4.42 Å². The molecule has 9 heteroatoms. The van der Waals surface area contributed by atoms with Crippen LogP contribution in [0.5, 0.6) is 0 Å². The first-order valence-corrected chi connectivity index (χ1v) is 9.74. The van der Waals surface area contributed by atoms with Crippen molar-refractivity contribution in [2.45, 2.75) is 30.6 Å². The Balaban J connectivity index is 1.78. The van der Waals surface area contributed by atoms with Gasteiger partial charge in [0, 0.05) is 4.88 Å². The van der Waals surface area contributed by atoms with E-state index in [1.165, 1.54) is 16.6 Å². The Morgan fingerprint density at radius 1 is 1.18 bits per heavy atom. The molecule has 2 N–H and O–H groups in total. The molecule has 22 heavy (non-hydrogen) atoms. The predicted molar refractivity (Wildman–Crippen MR) is 92.4 cm³/mol. The van der Waals surface area contributed by atoms with Gasteiger partial charge in [0.15, 0.2) is 0 Å². The molecule has 6 nitrogen and oxygen atoms in total. The van der Waals surface area contributed by atoms with Gasteiger partial charge in [0.2, 0.25) is 5.89 Å². The van der Waals surface area contributed by atoms with E-state index >= 15 is 0 Å². The summed E-state index contributed by atoms with van der Waals surface area (Å²) in [6.45, 7) is 4.12. The monoisotopic (exact) mass is 353 g/mol. The number of nitrogen functional groups attached to an aromatic ring is 1. The molecular formula is C13H15N5OS3. The maximum Gasteiger partial charge on any atom is 0.277 e. The van der Waals surface area contributed by atoms with E-state index in [0.717, 1.165) is 21.5 Å². The molecule has 0 aliphatic carbocycles. The van der Waals surface area contributed by atoms with E-state index in [-0.39, 0.29) is 0 Å². The van der Waals surface area contributed by atoms with Crippen LogP contribution in [0.2, 0.25) is 0 Å². The second-order valence-electron chi connectivity index (χ2n) is 4.67. The minimum atomic E-state index is 0.532. The number of hydrogen-bond acceptors (Lipinski definition) is 9. The Bertz CT molecular complexity index is 813. The summed E-state index contributed by atoms with van der Waals surface area (Å²) < 4.78 is 5.52. The topological polar surface area (TPSA) is 90.7 Å². The summed E-state index contributed by atoms with van der Waals surface area (Å²) in [7, 11) is 0. The van der Waals surface area contributed by atoms with Gasteiger partial charge >= 0.3 is 0 Å². The van der Waals surface area contributed by atoms with Gasteiger partial charge in [-0.05, 0) is 25.7 Å². The van der Waals surface area contributed by atoms with Gasteiger partial charge in [-0.2, -0.15) is 11.8 Å². The van der Waals surface area contributed by atoms with Crippen LogP contribution in [-0.4, -0.2) is 26.4 Å². The van der Waals surface area contributed by atoms with Crippen LogP contribution in [0.1, 0.15) is 22.2 Å². The van der Waals surface area contributed by atoms with Crippen LogP contribution in [-0.2, 0) is 11.5 Å². The first-order valence-electron chi connectivity index (χ1n) is 6.54. The highest BCUT2D eigenvalue weighted by Crippen LogP contribution is 2.32. The molecule has 3 aromatic heterocycles. The van der Waals surface area contributed by atoms with Gasteiger partial charge in [-0.25, -0.2) is 9.97 Å². The smallest absolute Gasteiger partial charge is 0.277 e. The van der Waals surface area contributed by atoms with Gasteiger partial charge in [-0.1, -0.05) is 11.8 Å². The van der Waals surface area contributed by atoms with Crippen LogP contribution in [0.15, 0.2) is 9.64 Å². The number of aryl methyl sites for hydroxylation is 2. The van der Waals surface area contributed by atoms with Crippen LogP contribution in [0.4, 0.5) is 5.82 Å². The van der Waals surface area contributed by atoms with Crippen molar-refractivity contribution in [1.29, 1.82) is 0 Å². The average Bonchev–Trinajstić information content (AvgIpc) is 3.03. The number of thioether (sulfide) groups is 2. The fourth-order valence-electron chi connectivity index (χ4n) is 2.00. The standard InChI is InChI=1S/C13H15N5OS3/c1-6-7(2)22-12-10(6)11(14)15-8(16-12)4-21-13-18-17-9(19-13)5-20-3/h4-5H2,1-3H3,(H2,14,15,16). The number of nitrogens with zero attached hydrogens (tertiary/aromatic N) is 4. The number of fused-ring (bicyclic) bond motifs is 1. The van der Waals surface area contributed by atoms with Crippen molar-refractivity contribution in [1.82, 2.24) is 20.2 Å². The van der Waals surface area contributed by atoms with E-state index in [4.69, 9.17) is 10.2 Å². The molecule has 0 aromatic carbocycles. The number of nitrogens with two attached hydrogens (primary N) is 1. The third-order valence-electron chi connectivity index (χ3n) is 3.14. The maximum atomic E-state index is 6.08. The van der Waals surface area contributed by atoms with Crippen LogP contribution in [0.25, 0.3) is 10.2 Å². The SMILES string of the molecule is CSCc1nnc(SCc2nc(N)c3c(C)c(C)sc3n2)o1. The van der Waals surface area contributed by atoms with Crippen molar-refractivity contribution in [3.8, 4) is 0 Å². The second kappa shape index (κ2) is 6.43. The molecule has 0 aliphatic rings. The van der Waals surface area contributed by atoms with E-state index in [1.54, 1.807) is 23.1 Å². The van der Waals surface area contributed by atoms with Crippen molar-refractivity contribution in [3.05, 3.63) is 22.2 Å². The van der Waals surface area contributed by atoms with E-state index < -0.39 is 0 Å². The van der Waals surface area contributed by atoms with E-state index in [9.17, 15) is 0 Å². The minimum absolute atomic E-state index is 0.532. The van der Waals surface area contributed by atoms with Crippen molar-refractivity contribution in [3.63, 3.8) is 0 Å². The molecule has 0 aliphatic heterocycles. The zero-order valence-corrected chi connectivity index (χ0v) is 14.9. The predicted octanol–water partition coefficient (Wildman–Crippen LogP) is 3.43. The lowest BCUT2D eigenvalue weighted by atomic mass is 10.2. The lowest BCUT2D eigenvalue weighted by Crippen LogP contribution is -1.99. The summed E-state index contributed by atoms with van der Waals surface area (Å²) in [6.07, 6.45) is 1.99. The van der Waals surface area contributed by atoms with E-state index in [1.807, 2.05) is 13.2 Å².